The number of pyridine rings is 1. The lowest BCUT2D eigenvalue weighted by Gasteiger charge is -2.04. The monoisotopic (exact) mass is 271 g/mol. The van der Waals surface area contributed by atoms with Crippen LogP contribution in [0, 0.1) is 0 Å². The van der Waals surface area contributed by atoms with Crippen molar-refractivity contribution in [1.82, 2.24) is 9.61 Å². The summed E-state index contributed by atoms with van der Waals surface area (Å²) in [6.45, 7) is 0. The fourth-order valence-corrected chi connectivity index (χ4v) is 1.80. The van der Waals surface area contributed by atoms with Crippen LogP contribution in [0.3, 0.4) is 0 Å². The highest BCUT2D eigenvalue weighted by molar-refractivity contribution is 6.02. The summed E-state index contributed by atoms with van der Waals surface area (Å²) in [6, 6.07) is 3.20. The summed E-state index contributed by atoms with van der Waals surface area (Å²) in [5, 5.41) is 3.96. The van der Waals surface area contributed by atoms with Crippen molar-refractivity contribution in [2.24, 2.45) is 0 Å². The number of nitrogens with zero attached hydrogens (tertiary/aromatic N) is 2. The van der Waals surface area contributed by atoms with Crippen LogP contribution in [-0.2, 0) is 0 Å². The van der Waals surface area contributed by atoms with Gasteiger partial charge < -0.3 is 5.73 Å². The summed E-state index contributed by atoms with van der Waals surface area (Å²) < 4.78 is 37.5. The molecule has 0 amide bonds. The summed E-state index contributed by atoms with van der Waals surface area (Å²) >= 11 is 0. The second kappa shape index (κ2) is 4.91. The number of anilines is 1. The Morgan fingerprint density at radius 2 is 2.16 bits per heavy atom. The van der Waals surface area contributed by atoms with E-state index in [-0.39, 0.29) is 18.6 Å². The van der Waals surface area contributed by atoms with E-state index < -0.39 is 12.6 Å². The molecule has 2 N–H and O–H groups in total. The Kier molecular flexibility index (Phi) is 3.46. The lowest BCUT2D eigenvalue weighted by atomic mass is 10.1. The van der Waals surface area contributed by atoms with Crippen LogP contribution in [0.25, 0.3) is 5.52 Å². The summed E-state index contributed by atoms with van der Waals surface area (Å²) in [7, 11) is 0. The predicted octanol–water partition coefficient (Wildman–Crippen LogP) is 2.83. The van der Waals surface area contributed by atoms with E-state index in [4.69, 9.17) is 5.73 Å². The fraction of sp³-hybridized carbons (Fsp3) is 0.333. The zero-order valence-electron chi connectivity index (χ0n) is 9.94. The number of fused-ring (bicyclic) bond motifs is 1. The lowest BCUT2D eigenvalue weighted by Crippen LogP contribution is -2.08. The topological polar surface area (TPSA) is 60.4 Å². The Morgan fingerprint density at radius 1 is 1.42 bits per heavy atom. The van der Waals surface area contributed by atoms with Gasteiger partial charge in [0.1, 0.15) is 0 Å². The molecule has 0 radical (unpaired) electrons. The number of ketones is 1. The third-order valence-corrected chi connectivity index (χ3v) is 2.71. The SMILES string of the molecule is Nc1ccn2ncc(C(=O)CCCC(F)(F)F)c2c1. The molecule has 0 fully saturated rings. The molecule has 0 spiro atoms. The molecule has 0 saturated heterocycles. The maximum Gasteiger partial charge on any atom is 0.389 e. The lowest BCUT2D eigenvalue weighted by molar-refractivity contribution is -0.135. The van der Waals surface area contributed by atoms with E-state index in [1.807, 2.05) is 0 Å². The molecule has 0 bridgehead atoms. The van der Waals surface area contributed by atoms with Crippen molar-refractivity contribution in [3.8, 4) is 0 Å². The number of carbonyl (C=O) groups excluding carboxylic acids is 1. The molecule has 2 aromatic rings. The van der Waals surface area contributed by atoms with Gasteiger partial charge in [0.05, 0.1) is 17.3 Å². The highest BCUT2D eigenvalue weighted by atomic mass is 19.4. The van der Waals surface area contributed by atoms with Crippen molar-refractivity contribution in [1.29, 1.82) is 0 Å². The third kappa shape index (κ3) is 3.24. The predicted molar refractivity (Wildman–Crippen MR) is 63.8 cm³/mol. The van der Waals surface area contributed by atoms with E-state index in [1.54, 1.807) is 18.3 Å². The van der Waals surface area contributed by atoms with Gasteiger partial charge in [-0.05, 0) is 18.6 Å². The molecule has 0 unspecified atom stereocenters. The molecule has 2 heterocycles. The van der Waals surface area contributed by atoms with Gasteiger partial charge in [0.2, 0.25) is 0 Å². The molecule has 2 aromatic heterocycles. The molecule has 19 heavy (non-hydrogen) atoms. The van der Waals surface area contributed by atoms with Crippen LogP contribution < -0.4 is 5.73 Å². The normalized spacial score (nSPS) is 11.9. The van der Waals surface area contributed by atoms with Gasteiger partial charge in [0.25, 0.3) is 0 Å². The van der Waals surface area contributed by atoms with E-state index in [0.29, 0.717) is 16.8 Å². The van der Waals surface area contributed by atoms with Crippen molar-refractivity contribution < 1.29 is 18.0 Å². The molecule has 4 nitrogen and oxygen atoms in total. The van der Waals surface area contributed by atoms with Gasteiger partial charge in [-0.25, -0.2) is 4.52 Å². The second-order valence-corrected chi connectivity index (χ2v) is 4.24. The fourth-order valence-electron chi connectivity index (χ4n) is 1.80. The van der Waals surface area contributed by atoms with Crippen LogP contribution in [-0.4, -0.2) is 21.6 Å². The number of nitrogen functional groups attached to an aromatic ring is 1. The highest BCUT2D eigenvalue weighted by Crippen LogP contribution is 2.23. The van der Waals surface area contributed by atoms with E-state index in [0.717, 1.165) is 0 Å². The van der Waals surface area contributed by atoms with E-state index >= 15 is 0 Å². The van der Waals surface area contributed by atoms with Crippen LogP contribution in [0.15, 0.2) is 24.5 Å². The smallest absolute Gasteiger partial charge is 0.389 e. The number of halogens is 3. The average Bonchev–Trinajstić information content (AvgIpc) is 2.69. The Labute approximate surface area is 107 Å². The van der Waals surface area contributed by atoms with E-state index in [2.05, 4.69) is 5.10 Å². The van der Waals surface area contributed by atoms with Crippen LogP contribution in [0.5, 0.6) is 0 Å². The zero-order chi connectivity index (χ0) is 14.0. The quantitative estimate of drug-likeness (QED) is 0.870. The van der Waals surface area contributed by atoms with Gasteiger partial charge in [-0.2, -0.15) is 18.3 Å². The average molecular weight is 271 g/mol. The highest BCUT2D eigenvalue weighted by Gasteiger charge is 2.26. The minimum Gasteiger partial charge on any atom is -0.399 e. The van der Waals surface area contributed by atoms with Gasteiger partial charge in [-0.15, -0.1) is 0 Å². The van der Waals surface area contributed by atoms with Crippen molar-refractivity contribution in [2.45, 2.75) is 25.4 Å². The number of alkyl halides is 3. The number of nitrogens with two attached hydrogens (primary N) is 1. The molecule has 0 aliphatic heterocycles. The number of rotatable bonds is 4. The molecule has 102 valence electrons. The first-order chi connectivity index (χ1) is 8.87. The first-order valence-electron chi connectivity index (χ1n) is 5.69. The number of Topliss-reactive ketones (excluding diaryl/α,β-unsaturated/α-hetero) is 1. The van der Waals surface area contributed by atoms with Gasteiger partial charge in [-0.1, -0.05) is 0 Å². The number of hydrogen-bond acceptors (Lipinski definition) is 3. The van der Waals surface area contributed by atoms with E-state index in [9.17, 15) is 18.0 Å². The number of carbonyl (C=O) groups is 1. The van der Waals surface area contributed by atoms with Gasteiger partial charge in [-0.3, -0.25) is 4.79 Å². The molecule has 0 atom stereocenters. The first kappa shape index (κ1) is 13.4. The van der Waals surface area contributed by atoms with Crippen LogP contribution in [0.2, 0.25) is 0 Å². The summed E-state index contributed by atoms with van der Waals surface area (Å²) in [4.78, 5) is 11.9. The van der Waals surface area contributed by atoms with Gasteiger partial charge in [0.15, 0.2) is 5.78 Å². The first-order valence-corrected chi connectivity index (χ1v) is 5.69. The minimum absolute atomic E-state index is 0.157. The molecule has 0 aliphatic rings. The molecule has 0 aliphatic carbocycles. The van der Waals surface area contributed by atoms with Crippen molar-refractivity contribution in [3.63, 3.8) is 0 Å². The zero-order valence-corrected chi connectivity index (χ0v) is 9.94. The molecular formula is C12H12F3N3O. The third-order valence-electron chi connectivity index (χ3n) is 2.71. The summed E-state index contributed by atoms with van der Waals surface area (Å²) in [5.74, 6) is -0.357. The number of aromatic nitrogens is 2. The van der Waals surface area contributed by atoms with Crippen molar-refractivity contribution in [3.05, 3.63) is 30.1 Å². The standard InChI is InChI=1S/C12H12F3N3O/c13-12(14,15)4-1-2-11(19)9-7-17-18-5-3-8(16)6-10(9)18/h3,5-7H,1-2,4,16H2. The Balaban J connectivity index is 2.11. The van der Waals surface area contributed by atoms with Gasteiger partial charge in [0, 0.05) is 24.7 Å². The van der Waals surface area contributed by atoms with Crippen LogP contribution in [0.4, 0.5) is 18.9 Å². The Hall–Kier alpha value is -2.05. The molecule has 0 saturated carbocycles. The summed E-state index contributed by atoms with van der Waals surface area (Å²) in [5.41, 5.74) is 6.89. The van der Waals surface area contributed by atoms with Crippen LogP contribution >= 0.6 is 0 Å². The minimum atomic E-state index is -4.23. The molecule has 7 heteroatoms. The van der Waals surface area contributed by atoms with E-state index in [1.165, 1.54) is 10.7 Å². The largest absolute Gasteiger partial charge is 0.399 e. The Morgan fingerprint density at radius 3 is 2.84 bits per heavy atom. The van der Waals surface area contributed by atoms with Crippen LogP contribution in [0.1, 0.15) is 29.6 Å². The molecule has 2 rings (SSSR count). The molecular weight excluding hydrogens is 259 g/mol. The van der Waals surface area contributed by atoms with Crippen molar-refractivity contribution in [2.75, 3.05) is 5.73 Å². The second-order valence-electron chi connectivity index (χ2n) is 4.24. The molecule has 0 aromatic carbocycles. The maximum atomic E-state index is 12.0. The summed E-state index contributed by atoms with van der Waals surface area (Å²) in [6.07, 6.45) is -2.62. The Bertz CT molecular complexity index is 604. The maximum absolute atomic E-state index is 12.0. The van der Waals surface area contributed by atoms with Gasteiger partial charge >= 0.3 is 6.18 Å². The van der Waals surface area contributed by atoms with Crippen molar-refractivity contribution >= 4 is 17.0 Å². The number of hydrogen-bond donors (Lipinski definition) is 1.